The highest BCUT2D eigenvalue weighted by Crippen LogP contribution is 2.73. The third-order valence-electron chi connectivity index (χ3n) is 9.50. The maximum absolute atomic E-state index is 12.6. The maximum Gasteiger partial charge on any atom is 0.312 e. The van der Waals surface area contributed by atoms with Crippen molar-refractivity contribution in [1.82, 2.24) is 0 Å². The maximum atomic E-state index is 12.6. The number of fused-ring (bicyclic) bond motifs is 2. The SMILES string of the molecule is CC12CCCC3(COC1=O)C2CC(O)C12CCC(CC31)C(C)(O)C2O. The molecule has 1 aliphatic heterocycles. The molecule has 6 aliphatic rings. The number of carbonyl (C=O) groups is 1. The van der Waals surface area contributed by atoms with Gasteiger partial charge >= 0.3 is 5.97 Å². The zero-order valence-corrected chi connectivity index (χ0v) is 15.2. The standard InChI is InChI=1S/C20H30O5/c1-17-5-3-6-19(10-25-16(17)23)12(17)9-14(21)20-7-4-11(8-13(19)20)18(2,24)15(20)22/h11-15,21-22,24H,3-10H2,1-2H3. The molecule has 140 valence electrons. The molecule has 3 N–H and O–H groups in total. The molecule has 0 aromatic rings. The molecule has 0 radical (unpaired) electrons. The zero-order chi connectivity index (χ0) is 17.8. The van der Waals surface area contributed by atoms with Gasteiger partial charge in [-0.1, -0.05) is 6.42 Å². The Morgan fingerprint density at radius 3 is 2.60 bits per heavy atom. The van der Waals surface area contributed by atoms with Crippen LogP contribution in [-0.4, -0.2) is 45.7 Å². The second-order valence-electron chi connectivity index (χ2n) is 10.1. The van der Waals surface area contributed by atoms with Crippen molar-refractivity contribution in [3.8, 4) is 0 Å². The Labute approximate surface area is 148 Å². The van der Waals surface area contributed by atoms with Crippen molar-refractivity contribution in [3.05, 3.63) is 0 Å². The molecule has 5 nitrogen and oxygen atoms in total. The van der Waals surface area contributed by atoms with Gasteiger partial charge in [-0.15, -0.1) is 0 Å². The van der Waals surface area contributed by atoms with E-state index in [-0.39, 0.29) is 29.1 Å². The van der Waals surface area contributed by atoms with E-state index in [0.29, 0.717) is 13.0 Å². The van der Waals surface area contributed by atoms with E-state index in [2.05, 4.69) is 0 Å². The Hall–Kier alpha value is -0.650. The van der Waals surface area contributed by atoms with Crippen molar-refractivity contribution >= 4 is 5.97 Å². The molecule has 25 heavy (non-hydrogen) atoms. The number of ether oxygens (including phenoxy) is 1. The molecule has 4 bridgehead atoms. The molecule has 0 amide bonds. The molecule has 5 aliphatic carbocycles. The van der Waals surface area contributed by atoms with Gasteiger partial charge in [0, 0.05) is 10.8 Å². The van der Waals surface area contributed by atoms with Crippen LogP contribution in [0.1, 0.15) is 58.8 Å². The van der Waals surface area contributed by atoms with E-state index < -0.39 is 28.6 Å². The van der Waals surface area contributed by atoms with Crippen molar-refractivity contribution in [2.75, 3.05) is 6.61 Å². The minimum atomic E-state index is -1.14. The first kappa shape index (κ1) is 16.5. The lowest BCUT2D eigenvalue weighted by molar-refractivity contribution is -0.331. The Kier molecular flexibility index (Phi) is 3.04. The number of esters is 1. The van der Waals surface area contributed by atoms with Crippen molar-refractivity contribution in [2.45, 2.75) is 76.6 Å². The van der Waals surface area contributed by atoms with Gasteiger partial charge in [0.1, 0.15) is 0 Å². The molecule has 5 heteroatoms. The van der Waals surface area contributed by atoms with E-state index in [4.69, 9.17) is 4.74 Å². The van der Waals surface area contributed by atoms with Gasteiger partial charge in [0.25, 0.3) is 0 Å². The quantitative estimate of drug-likeness (QED) is 0.578. The van der Waals surface area contributed by atoms with Crippen LogP contribution >= 0.6 is 0 Å². The Morgan fingerprint density at radius 2 is 1.84 bits per heavy atom. The smallest absolute Gasteiger partial charge is 0.312 e. The first-order valence-corrected chi connectivity index (χ1v) is 9.95. The Bertz CT molecular complexity index is 632. The van der Waals surface area contributed by atoms with E-state index in [1.165, 1.54) is 0 Å². The largest absolute Gasteiger partial charge is 0.465 e. The molecule has 9 atom stereocenters. The first-order valence-electron chi connectivity index (χ1n) is 9.95. The Morgan fingerprint density at radius 1 is 1.08 bits per heavy atom. The van der Waals surface area contributed by atoms with Crippen molar-refractivity contribution in [3.63, 3.8) is 0 Å². The molecular formula is C20H30O5. The molecule has 1 heterocycles. The van der Waals surface area contributed by atoms with Gasteiger partial charge in [0.05, 0.1) is 29.8 Å². The summed E-state index contributed by atoms with van der Waals surface area (Å²) >= 11 is 0. The molecule has 5 saturated carbocycles. The summed E-state index contributed by atoms with van der Waals surface area (Å²) in [7, 11) is 0. The zero-order valence-electron chi connectivity index (χ0n) is 15.2. The molecule has 9 unspecified atom stereocenters. The second-order valence-corrected chi connectivity index (χ2v) is 10.1. The lowest BCUT2D eigenvalue weighted by Crippen LogP contribution is -2.77. The number of aliphatic hydroxyl groups excluding tert-OH is 2. The fourth-order valence-electron chi connectivity index (χ4n) is 8.20. The van der Waals surface area contributed by atoms with E-state index in [1.807, 2.05) is 6.92 Å². The first-order chi connectivity index (χ1) is 11.7. The van der Waals surface area contributed by atoms with Crippen LogP contribution in [0.4, 0.5) is 0 Å². The molecule has 0 aromatic heterocycles. The van der Waals surface area contributed by atoms with E-state index >= 15 is 0 Å². The number of hydrogen-bond acceptors (Lipinski definition) is 5. The summed E-state index contributed by atoms with van der Waals surface area (Å²) in [6.45, 7) is 4.18. The number of cyclic esters (lactones) is 1. The fraction of sp³-hybridized carbons (Fsp3) is 0.950. The van der Waals surface area contributed by atoms with Crippen LogP contribution in [0.15, 0.2) is 0 Å². The average Bonchev–Trinajstić information content (AvgIpc) is 2.57. The van der Waals surface area contributed by atoms with Crippen LogP contribution in [0.2, 0.25) is 0 Å². The minimum Gasteiger partial charge on any atom is -0.465 e. The molecule has 1 spiro atoms. The minimum absolute atomic E-state index is 0.0560. The molecule has 0 aromatic carbocycles. The molecule has 1 saturated heterocycles. The van der Waals surface area contributed by atoms with Crippen molar-refractivity contribution < 1.29 is 24.9 Å². The summed E-state index contributed by atoms with van der Waals surface area (Å²) in [5.41, 5.74) is -2.45. The van der Waals surface area contributed by atoms with Gasteiger partial charge < -0.3 is 20.1 Å². The van der Waals surface area contributed by atoms with Gasteiger partial charge in [-0.05, 0) is 70.1 Å². The molecule has 6 fully saturated rings. The van der Waals surface area contributed by atoms with Crippen LogP contribution in [0.5, 0.6) is 0 Å². The lowest BCUT2D eigenvalue weighted by Gasteiger charge is -2.73. The fourth-order valence-corrected chi connectivity index (χ4v) is 8.20. The highest BCUT2D eigenvalue weighted by atomic mass is 16.5. The summed E-state index contributed by atoms with van der Waals surface area (Å²) in [4.78, 5) is 12.6. The highest BCUT2D eigenvalue weighted by molar-refractivity contribution is 5.78. The average molecular weight is 350 g/mol. The topological polar surface area (TPSA) is 87.0 Å². The summed E-state index contributed by atoms with van der Waals surface area (Å²) in [6, 6.07) is 0. The van der Waals surface area contributed by atoms with Crippen LogP contribution in [-0.2, 0) is 9.53 Å². The number of carbonyl (C=O) groups excluding carboxylic acids is 1. The Balaban J connectivity index is 1.67. The van der Waals surface area contributed by atoms with Crippen LogP contribution in [0.25, 0.3) is 0 Å². The van der Waals surface area contributed by atoms with Gasteiger partial charge in [-0.25, -0.2) is 0 Å². The van der Waals surface area contributed by atoms with Gasteiger partial charge in [0.2, 0.25) is 0 Å². The number of aliphatic hydroxyl groups is 3. The van der Waals surface area contributed by atoms with Crippen LogP contribution in [0, 0.1) is 34.0 Å². The second kappa shape index (κ2) is 4.60. The van der Waals surface area contributed by atoms with E-state index in [1.54, 1.807) is 6.92 Å². The third kappa shape index (κ3) is 1.61. The predicted octanol–water partition coefficient (Wildman–Crippen LogP) is 1.63. The lowest BCUT2D eigenvalue weighted by atomic mass is 9.33. The number of rotatable bonds is 0. The van der Waals surface area contributed by atoms with Crippen LogP contribution in [0.3, 0.4) is 0 Å². The van der Waals surface area contributed by atoms with Gasteiger partial charge in [-0.3, -0.25) is 4.79 Å². The summed E-state index contributed by atoms with van der Waals surface area (Å²) in [5.74, 6) is 0.192. The molecule has 6 rings (SSSR count). The monoisotopic (exact) mass is 350 g/mol. The normalized spacial score (nSPS) is 62.8. The predicted molar refractivity (Wildman–Crippen MR) is 89.4 cm³/mol. The summed E-state index contributed by atoms with van der Waals surface area (Å²) in [6.07, 6.45) is 4.24. The van der Waals surface area contributed by atoms with Crippen LogP contribution < -0.4 is 0 Å². The summed E-state index contributed by atoms with van der Waals surface area (Å²) in [5, 5.41) is 33.4. The third-order valence-corrected chi connectivity index (χ3v) is 9.50. The van der Waals surface area contributed by atoms with Crippen molar-refractivity contribution in [2.24, 2.45) is 34.0 Å². The number of hydrogen-bond donors (Lipinski definition) is 3. The highest BCUT2D eigenvalue weighted by Gasteiger charge is 2.76. The summed E-state index contributed by atoms with van der Waals surface area (Å²) < 4.78 is 5.72. The van der Waals surface area contributed by atoms with Gasteiger partial charge in [0.15, 0.2) is 0 Å². The van der Waals surface area contributed by atoms with E-state index in [0.717, 1.165) is 38.5 Å². The van der Waals surface area contributed by atoms with E-state index in [9.17, 15) is 20.1 Å². The molecular weight excluding hydrogens is 320 g/mol. The van der Waals surface area contributed by atoms with Gasteiger partial charge in [-0.2, -0.15) is 0 Å². The van der Waals surface area contributed by atoms with Crippen molar-refractivity contribution in [1.29, 1.82) is 0 Å².